The number of aromatic nitrogens is 1. The highest BCUT2D eigenvalue weighted by atomic mass is 16.6. The molecule has 2 aromatic rings. The molecule has 1 aromatic carbocycles. The summed E-state index contributed by atoms with van der Waals surface area (Å²) in [6.07, 6.45) is 6.64. The van der Waals surface area contributed by atoms with Crippen LogP contribution in [0.4, 0.5) is 4.79 Å². The summed E-state index contributed by atoms with van der Waals surface area (Å²) in [5, 5.41) is 4.14. The molecule has 22 heavy (non-hydrogen) atoms. The number of benzene rings is 1. The molecule has 0 unspecified atom stereocenters. The van der Waals surface area contributed by atoms with Crippen molar-refractivity contribution in [1.82, 2.24) is 9.88 Å². The molecule has 0 fully saturated rings. The SMILES string of the molecule is CNCCC=Cc1ccc2c(ccn2C(=O)OC(C)(C)C)c1. The largest absolute Gasteiger partial charge is 0.443 e. The molecule has 0 radical (unpaired) electrons. The molecular formula is C18H24N2O2. The predicted molar refractivity (Wildman–Crippen MR) is 91.1 cm³/mol. The van der Waals surface area contributed by atoms with E-state index in [-0.39, 0.29) is 6.09 Å². The molecule has 118 valence electrons. The van der Waals surface area contributed by atoms with Gasteiger partial charge < -0.3 is 10.1 Å². The van der Waals surface area contributed by atoms with Crippen LogP contribution < -0.4 is 5.32 Å². The maximum atomic E-state index is 12.2. The van der Waals surface area contributed by atoms with Gasteiger partial charge in [0.2, 0.25) is 0 Å². The Morgan fingerprint density at radius 3 is 2.77 bits per heavy atom. The second kappa shape index (κ2) is 6.79. The first-order chi connectivity index (χ1) is 10.4. The highest BCUT2D eigenvalue weighted by Crippen LogP contribution is 2.20. The van der Waals surface area contributed by atoms with Gasteiger partial charge in [-0.3, -0.25) is 4.57 Å². The second-order valence-corrected chi connectivity index (χ2v) is 6.28. The fraction of sp³-hybridized carbons (Fsp3) is 0.389. The minimum atomic E-state index is -0.496. The van der Waals surface area contributed by atoms with E-state index in [1.165, 1.54) is 0 Å². The third kappa shape index (κ3) is 4.21. The molecule has 0 amide bonds. The van der Waals surface area contributed by atoms with Crippen LogP contribution in [0.5, 0.6) is 0 Å². The third-order valence-corrected chi connectivity index (χ3v) is 3.18. The van der Waals surface area contributed by atoms with Crippen molar-refractivity contribution in [3.05, 3.63) is 42.1 Å². The van der Waals surface area contributed by atoms with E-state index in [4.69, 9.17) is 4.74 Å². The first-order valence-electron chi connectivity index (χ1n) is 7.56. The van der Waals surface area contributed by atoms with Gasteiger partial charge in [-0.25, -0.2) is 4.79 Å². The van der Waals surface area contributed by atoms with Crippen molar-refractivity contribution in [1.29, 1.82) is 0 Å². The van der Waals surface area contributed by atoms with Gasteiger partial charge in [0, 0.05) is 11.6 Å². The molecule has 1 N–H and O–H groups in total. The van der Waals surface area contributed by atoms with Crippen LogP contribution in [0.1, 0.15) is 32.8 Å². The first-order valence-corrected chi connectivity index (χ1v) is 7.56. The summed E-state index contributed by atoms with van der Waals surface area (Å²) >= 11 is 0. The average molecular weight is 300 g/mol. The first kappa shape index (κ1) is 16.3. The molecule has 4 heteroatoms. The molecule has 0 aliphatic rings. The van der Waals surface area contributed by atoms with Crippen LogP contribution in [-0.2, 0) is 4.74 Å². The van der Waals surface area contributed by atoms with E-state index in [0.29, 0.717) is 0 Å². The molecule has 1 heterocycles. The van der Waals surface area contributed by atoms with Crippen LogP contribution in [0.25, 0.3) is 17.0 Å². The van der Waals surface area contributed by atoms with Crippen LogP contribution in [0, 0.1) is 0 Å². The predicted octanol–water partition coefficient (Wildman–Crippen LogP) is 4.05. The normalized spacial score (nSPS) is 12.2. The fourth-order valence-corrected chi connectivity index (χ4v) is 2.18. The molecule has 0 spiro atoms. The van der Waals surface area contributed by atoms with Gasteiger partial charge in [-0.2, -0.15) is 0 Å². The number of rotatable bonds is 4. The standard InChI is InChI=1S/C18H24N2O2/c1-18(2,3)22-17(21)20-12-10-15-13-14(8-9-16(15)20)7-5-6-11-19-4/h5,7-10,12-13,19H,6,11H2,1-4H3. The van der Waals surface area contributed by atoms with Gasteiger partial charge in [-0.05, 0) is 64.5 Å². The Morgan fingerprint density at radius 1 is 1.32 bits per heavy atom. The maximum Gasteiger partial charge on any atom is 0.418 e. The molecule has 2 rings (SSSR count). The van der Waals surface area contributed by atoms with Crippen molar-refractivity contribution >= 4 is 23.1 Å². The second-order valence-electron chi connectivity index (χ2n) is 6.28. The Hall–Kier alpha value is -2.07. The fourth-order valence-electron chi connectivity index (χ4n) is 2.18. The zero-order valence-electron chi connectivity index (χ0n) is 13.7. The summed E-state index contributed by atoms with van der Waals surface area (Å²) in [6.45, 7) is 6.56. The van der Waals surface area contributed by atoms with Gasteiger partial charge in [0.05, 0.1) is 5.52 Å². The third-order valence-electron chi connectivity index (χ3n) is 3.18. The van der Waals surface area contributed by atoms with Crippen LogP contribution in [-0.4, -0.2) is 29.9 Å². The number of fused-ring (bicyclic) bond motifs is 1. The molecule has 0 aliphatic heterocycles. The zero-order valence-corrected chi connectivity index (χ0v) is 13.7. The van der Waals surface area contributed by atoms with Crippen molar-refractivity contribution in [2.75, 3.05) is 13.6 Å². The van der Waals surface area contributed by atoms with Gasteiger partial charge in [-0.1, -0.05) is 18.2 Å². The summed E-state index contributed by atoms with van der Waals surface area (Å²) in [4.78, 5) is 12.2. The van der Waals surface area contributed by atoms with E-state index in [1.54, 1.807) is 10.8 Å². The quantitative estimate of drug-likeness (QED) is 0.866. The van der Waals surface area contributed by atoms with Crippen molar-refractivity contribution in [3.8, 4) is 0 Å². The Morgan fingerprint density at radius 2 is 2.09 bits per heavy atom. The molecule has 4 nitrogen and oxygen atoms in total. The average Bonchev–Trinajstić information content (AvgIpc) is 2.85. The number of nitrogens with zero attached hydrogens (tertiary/aromatic N) is 1. The van der Waals surface area contributed by atoms with E-state index in [9.17, 15) is 4.79 Å². The Bertz CT molecular complexity index is 678. The highest BCUT2D eigenvalue weighted by molar-refractivity contribution is 5.90. The smallest absolute Gasteiger partial charge is 0.418 e. The van der Waals surface area contributed by atoms with Gasteiger partial charge in [0.1, 0.15) is 5.60 Å². The van der Waals surface area contributed by atoms with E-state index in [2.05, 4.69) is 23.5 Å². The minimum absolute atomic E-state index is 0.347. The van der Waals surface area contributed by atoms with E-state index in [1.807, 2.05) is 46.0 Å². The molecular weight excluding hydrogens is 276 g/mol. The number of carbonyl (C=O) groups is 1. The van der Waals surface area contributed by atoms with Gasteiger partial charge >= 0.3 is 6.09 Å². The maximum absolute atomic E-state index is 12.2. The summed E-state index contributed by atoms with van der Waals surface area (Å²) in [6, 6.07) is 7.98. The molecule has 0 bridgehead atoms. The summed E-state index contributed by atoms with van der Waals surface area (Å²) in [5.41, 5.74) is 1.50. The molecule has 0 saturated heterocycles. The summed E-state index contributed by atoms with van der Waals surface area (Å²) < 4.78 is 6.97. The lowest BCUT2D eigenvalue weighted by Crippen LogP contribution is -2.26. The van der Waals surface area contributed by atoms with Crippen LogP contribution in [0.2, 0.25) is 0 Å². The van der Waals surface area contributed by atoms with Gasteiger partial charge in [0.25, 0.3) is 0 Å². The van der Waals surface area contributed by atoms with E-state index in [0.717, 1.165) is 29.4 Å². The summed E-state index contributed by atoms with van der Waals surface area (Å²) in [7, 11) is 1.94. The Kier molecular flexibility index (Phi) is 5.03. The van der Waals surface area contributed by atoms with Crippen LogP contribution >= 0.6 is 0 Å². The van der Waals surface area contributed by atoms with Crippen LogP contribution in [0.3, 0.4) is 0 Å². The number of hydrogen-bond acceptors (Lipinski definition) is 3. The molecule has 1 aromatic heterocycles. The van der Waals surface area contributed by atoms with Crippen molar-refractivity contribution in [2.45, 2.75) is 32.8 Å². The van der Waals surface area contributed by atoms with Crippen LogP contribution in [0.15, 0.2) is 36.5 Å². The number of ether oxygens (including phenoxy) is 1. The Balaban J connectivity index is 2.20. The van der Waals surface area contributed by atoms with E-state index < -0.39 is 5.60 Å². The number of hydrogen-bond donors (Lipinski definition) is 1. The molecule has 0 saturated carbocycles. The number of carbonyl (C=O) groups excluding carboxylic acids is 1. The lowest BCUT2D eigenvalue weighted by atomic mass is 10.1. The highest BCUT2D eigenvalue weighted by Gasteiger charge is 2.18. The molecule has 0 atom stereocenters. The lowest BCUT2D eigenvalue weighted by Gasteiger charge is -2.19. The summed E-state index contributed by atoms with van der Waals surface area (Å²) in [5.74, 6) is 0. The Labute approximate surface area is 131 Å². The van der Waals surface area contributed by atoms with E-state index >= 15 is 0 Å². The minimum Gasteiger partial charge on any atom is -0.443 e. The number of nitrogens with one attached hydrogen (secondary N) is 1. The van der Waals surface area contributed by atoms with Crippen molar-refractivity contribution < 1.29 is 9.53 Å². The van der Waals surface area contributed by atoms with Crippen molar-refractivity contribution in [3.63, 3.8) is 0 Å². The zero-order chi connectivity index (χ0) is 16.2. The molecule has 0 aliphatic carbocycles. The lowest BCUT2D eigenvalue weighted by molar-refractivity contribution is 0.0544. The van der Waals surface area contributed by atoms with Crippen molar-refractivity contribution in [2.24, 2.45) is 0 Å². The topological polar surface area (TPSA) is 43.3 Å². The van der Waals surface area contributed by atoms with Gasteiger partial charge in [0.15, 0.2) is 0 Å². The monoisotopic (exact) mass is 300 g/mol. The van der Waals surface area contributed by atoms with Gasteiger partial charge in [-0.15, -0.1) is 0 Å².